The third-order valence-corrected chi connectivity index (χ3v) is 3.28. The second kappa shape index (κ2) is 5.89. The van der Waals surface area contributed by atoms with E-state index >= 15 is 0 Å². The summed E-state index contributed by atoms with van der Waals surface area (Å²) in [6, 6.07) is 0. The summed E-state index contributed by atoms with van der Waals surface area (Å²) in [6.45, 7) is -0.468. The van der Waals surface area contributed by atoms with Gasteiger partial charge in [-0.05, 0) is 0 Å². The molecule has 1 aliphatic rings. The molecule has 6 heteroatoms. The van der Waals surface area contributed by atoms with Gasteiger partial charge in [0.25, 0.3) is 0 Å². The van der Waals surface area contributed by atoms with E-state index in [0.717, 1.165) is 0 Å². The third-order valence-electron chi connectivity index (χ3n) is 2.27. The van der Waals surface area contributed by atoms with Crippen molar-refractivity contribution in [1.82, 2.24) is 0 Å². The average Bonchev–Trinajstić information content (AvgIpc) is 2.71. The first-order valence-electron chi connectivity index (χ1n) is 4.37. The highest BCUT2D eigenvalue weighted by Crippen LogP contribution is 2.29. The Balaban J connectivity index is 2.49. The smallest absolute Gasteiger partial charge is 0.139 e. The molecule has 4 atom stereocenters. The molecule has 4 N–H and O–H groups in total. The monoisotopic (exact) mass is 223 g/mol. The maximum absolute atomic E-state index is 9.76. The fraction of sp³-hybridized carbons (Fsp3) is 0.875. The standard InChI is InChI=1S/C8H15O5S/c9-1-5(6(11)2-10)8(12)7-3-13-4-14-7/h4-12H,1-3H2. The summed E-state index contributed by atoms with van der Waals surface area (Å²) >= 11 is 1.32. The topological polar surface area (TPSA) is 90.2 Å². The molecule has 14 heavy (non-hydrogen) atoms. The van der Waals surface area contributed by atoms with Crippen molar-refractivity contribution in [2.24, 2.45) is 5.92 Å². The van der Waals surface area contributed by atoms with Crippen LogP contribution in [0.25, 0.3) is 0 Å². The maximum Gasteiger partial charge on any atom is 0.139 e. The molecule has 0 bridgehead atoms. The maximum atomic E-state index is 9.76. The van der Waals surface area contributed by atoms with E-state index in [4.69, 9.17) is 14.9 Å². The fourth-order valence-electron chi connectivity index (χ4n) is 1.33. The van der Waals surface area contributed by atoms with Crippen molar-refractivity contribution in [3.8, 4) is 0 Å². The summed E-state index contributed by atoms with van der Waals surface area (Å²) in [4.78, 5) is 0. The van der Waals surface area contributed by atoms with E-state index in [1.54, 1.807) is 0 Å². The summed E-state index contributed by atoms with van der Waals surface area (Å²) in [5.41, 5.74) is 0. The number of hydrogen-bond acceptors (Lipinski definition) is 6. The first-order chi connectivity index (χ1) is 6.70. The van der Waals surface area contributed by atoms with Crippen molar-refractivity contribution in [2.75, 3.05) is 19.8 Å². The van der Waals surface area contributed by atoms with Gasteiger partial charge >= 0.3 is 0 Å². The van der Waals surface area contributed by atoms with Crippen molar-refractivity contribution >= 4 is 11.8 Å². The average molecular weight is 223 g/mol. The van der Waals surface area contributed by atoms with Gasteiger partial charge in [0.1, 0.15) is 5.94 Å². The van der Waals surface area contributed by atoms with Gasteiger partial charge in [-0.25, -0.2) is 0 Å². The Morgan fingerprint density at radius 1 is 1.36 bits per heavy atom. The molecule has 1 fully saturated rings. The summed E-state index contributed by atoms with van der Waals surface area (Å²) in [5, 5.41) is 36.6. The Hall–Kier alpha value is 0.150. The van der Waals surface area contributed by atoms with Gasteiger partial charge in [0.2, 0.25) is 0 Å². The van der Waals surface area contributed by atoms with Crippen LogP contribution >= 0.6 is 11.8 Å². The van der Waals surface area contributed by atoms with Gasteiger partial charge in [0.05, 0.1) is 37.3 Å². The first-order valence-corrected chi connectivity index (χ1v) is 5.31. The molecule has 0 aliphatic carbocycles. The quantitative estimate of drug-likeness (QED) is 0.456. The second-order valence-electron chi connectivity index (χ2n) is 3.19. The van der Waals surface area contributed by atoms with E-state index in [2.05, 4.69) is 0 Å². The molecule has 0 aromatic carbocycles. The summed E-state index contributed by atoms with van der Waals surface area (Å²) in [6.07, 6.45) is -1.98. The molecular formula is C8H15O5S. The van der Waals surface area contributed by atoms with Crippen molar-refractivity contribution < 1.29 is 25.2 Å². The van der Waals surface area contributed by atoms with Gasteiger partial charge in [0.15, 0.2) is 0 Å². The van der Waals surface area contributed by atoms with Crippen LogP contribution in [0.3, 0.4) is 0 Å². The minimum atomic E-state index is -1.10. The zero-order valence-corrected chi connectivity index (χ0v) is 8.43. The molecule has 0 aromatic rings. The molecule has 83 valence electrons. The molecule has 1 rings (SSSR count). The molecule has 5 nitrogen and oxygen atoms in total. The van der Waals surface area contributed by atoms with Crippen molar-refractivity contribution in [3.63, 3.8) is 0 Å². The largest absolute Gasteiger partial charge is 0.396 e. The predicted octanol–water partition coefficient (Wildman–Crippen LogP) is -1.44. The Kier molecular flexibility index (Phi) is 5.14. The van der Waals surface area contributed by atoms with Gasteiger partial charge in [0, 0.05) is 5.92 Å². The summed E-state index contributed by atoms with van der Waals surface area (Å²) < 4.78 is 4.94. The minimum Gasteiger partial charge on any atom is -0.396 e. The van der Waals surface area contributed by atoms with E-state index in [0.29, 0.717) is 6.61 Å². The number of ether oxygens (including phenoxy) is 1. The molecule has 1 saturated heterocycles. The second-order valence-corrected chi connectivity index (χ2v) is 4.26. The molecule has 0 spiro atoms. The van der Waals surface area contributed by atoms with E-state index in [9.17, 15) is 10.2 Å². The lowest BCUT2D eigenvalue weighted by atomic mass is 9.95. The Morgan fingerprint density at radius 2 is 2.07 bits per heavy atom. The highest BCUT2D eigenvalue weighted by atomic mass is 32.2. The summed E-state index contributed by atoms with van der Waals surface area (Å²) in [5.74, 6) is 0.792. The first kappa shape index (κ1) is 12.2. The lowest BCUT2D eigenvalue weighted by molar-refractivity contribution is -0.0422. The molecule has 1 aliphatic heterocycles. The Bertz CT molecular complexity index is 162. The lowest BCUT2D eigenvalue weighted by Gasteiger charge is -2.27. The third kappa shape index (κ3) is 2.82. The van der Waals surface area contributed by atoms with Crippen LogP contribution in [0.1, 0.15) is 0 Å². The Morgan fingerprint density at radius 3 is 2.50 bits per heavy atom. The summed E-state index contributed by atoms with van der Waals surface area (Å²) in [7, 11) is 0. The van der Waals surface area contributed by atoms with E-state index in [1.807, 2.05) is 0 Å². The Labute approximate surface area is 86.7 Å². The van der Waals surface area contributed by atoms with Gasteiger partial charge in [-0.1, -0.05) is 0 Å². The van der Waals surface area contributed by atoms with Crippen molar-refractivity contribution in [2.45, 2.75) is 17.5 Å². The number of rotatable bonds is 5. The fourth-order valence-corrected chi connectivity index (χ4v) is 2.15. The van der Waals surface area contributed by atoms with Crippen LogP contribution in [0.15, 0.2) is 0 Å². The molecule has 0 amide bonds. The molecular weight excluding hydrogens is 208 g/mol. The van der Waals surface area contributed by atoms with Crippen molar-refractivity contribution in [1.29, 1.82) is 0 Å². The zero-order chi connectivity index (χ0) is 10.6. The SMILES string of the molecule is OCC(O)C(CO)C(O)C1CO[CH]S1. The minimum absolute atomic E-state index is 0.187. The van der Waals surface area contributed by atoms with Crippen LogP contribution in [0.2, 0.25) is 0 Å². The number of aliphatic hydroxyl groups is 4. The van der Waals surface area contributed by atoms with E-state index in [1.165, 1.54) is 17.7 Å². The van der Waals surface area contributed by atoms with Gasteiger partial charge in [-0.15, -0.1) is 11.8 Å². The molecule has 4 unspecified atom stereocenters. The highest BCUT2D eigenvalue weighted by Gasteiger charge is 2.34. The van der Waals surface area contributed by atoms with Gasteiger partial charge < -0.3 is 25.2 Å². The number of thioether (sulfide) groups is 1. The zero-order valence-electron chi connectivity index (χ0n) is 7.61. The van der Waals surface area contributed by atoms with Gasteiger partial charge in [-0.2, -0.15) is 0 Å². The van der Waals surface area contributed by atoms with Crippen LogP contribution in [0, 0.1) is 11.9 Å². The van der Waals surface area contributed by atoms with Crippen LogP contribution < -0.4 is 0 Å². The van der Waals surface area contributed by atoms with Gasteiger partial charge in [-0.3, -0.25) is 0 Å². The van der Waals surface area contributed by atoms with Crippen LogP contribution in [-0.4, -0.2) is 57.7 Å². The predicted molar refractivity (Wildman–Crippen MR) is 51.3 cm³/mol. The highest BCUT2D eigenvalue weighted by molar-refractivity contribution is 8.01. The normalized spacial score (nSPS) is 28.7. The lowest BCUT2D eigenvalue weighted by Crippen LogP contribution is -2.42. The van der Waals surface area contributed by atoms with E-state index in [-0.39, 0.29) is 11.9 Å². The molecule has 1 radical (unpaired) electrons. The van der Waals surface area contributed by atoms with Crippen molar-refractivity contribution in [3.05, 3.63) is 5.94 Å². The number of hydrogen-bond donors (Lipinski definition) is 4. The van der Waals surface area contributed by atoms with E-state index < -0.39 is 24.7 Å². The van der Waals surface area contributed by atoms with Crippen LogP contribution in [0.5, 0.6) is 0 Å². The van der Waals surface area contributed by atoms with Crippen LogP contribution in [0.4, 0.5) is 0 Å². The molecule has 1 heterocycles. The van der Waals surface area contributed by atoms with Crippen LogP contribution in [-0.2, 0) is 4.74 Å². The molecule has 0 saturated carbocycles. The number of aliphatic hydroxyl groups excluding tert-OH is 4. The molecule has 0 aromatic heterocycles.